The molecule has 0 fully saturated rings. The zero-order valence-electron chi connectivity index (χ0n) is 13.7. The molecule has 0 aliphatic rings. The highest BCUT2D eigenvalue weighted by Crippen LogP contribution is 2.33. The lowest BCUT2D eigenvalue weighted by Crippen LogP contribution is -2.25. The van der Waals surface area contributed by atoms with Crippen LogP contribution in [-0.2, 0) is 0 Å². The number of benzene rings is 4. The van der Waals surface area contributed by atoms with Crippen molar-refractivity contribution in [3.63, 3.8) is 0 Å². The van der Waals surface area contributed by atoms with Crippen LogP contribution >= 0.6 is 12.2 Å². The van der Waals surface area contributed by atoms with Gasteiger partial charge in [0.25, 0.3) is 0 Å². The highest BCUT2D eigenvalue weighted by molar-refractivity contribution is 7.81. The average molecular weight is 339 g/mol. The van der Waals surface area contributed by atoms with Gasteiger partial charge in [0.1, 0.15) is 4.99 Å². The summed E-state index contributed by atoms with van der Waals surface area (Å²) in [5, 5.41) is 2.39. The molecule has 0 radical (unpaired) electrons. The monoisotopic (exact) mass is 339 g/mol. The molecule has 0 bridgehead atoms. The lowest BCUT2D eigenvalue weighted by molar-refractivity contribution is 1.38. The van der Waals surface area contributed by atoms with Crippen molar-refractivity contribution in [2.24, 2.45) is 0 Å². The fourth-order valence-corrected chi connectivity index (χ4v) is 3.40. The molecular weight excluding hydrogens is 322 g/mol. The van der Waals surface area contributed by atoms with Gasteiger partial charge >= 0.3 is 0 Å². The van der Waals surface area contributed by atoms with Crippen molar-refractivity contribution in [2.45, 2.75) is 0 Å². The van der Waals surface area contributed by atoms with Crippen LogP contribution in [0.4, 0.5) is 11.4 Å². The average Bonchev–Trinajstić information content (AvgIpc) is 2.70. The van der Waals surface area contributed by atoms with E-state index >= 15 is 0 Å². The lowest BCUT2D eigenvalue weighted by Gasteiger charge is -2.27. The number of hydrogen-bond acceptors (Lipinski definition) is 1. The number of hydrogen-bond donors (Lipinski definition) is 0. The first-order valence-electron chi connectivity index (χ1n) is 8.27. The van der Waals surface area contributed by atoms with Crippen LogP contribution in [0.25, 0.3) is 10.8 Å². The number of rotatable bonds is 3. The van der Waals surface area contributed by atoms with Crippen LogP contribution in [0.3, 0.4) is 0 Å². The first-order valence-corrected chi connectivity index (χ1v) is 8.68. The van der Waals surface area contributed by atoms with Crippen LogP contribution in [0.5, 0.6) is 0 Å². The van der Waals surface area contributed by atoms with Gasteiger partial charge in [0.15, 0.2) is 0 Å². The zero-order valence-corrected chi connectivity index (χ0v) is 14.5. The molecule has 0 spiro atoms. The van der Waals surface area contributed by atoms with Crippen LogP contribution in [0, 0.1) is 0 Å². The quantitative estimate of drug-likeness (QED) is 0.400. The van der Waals surface area contributed by atoms with Gasteiger partial charge in [0, 0.05) is 16.6 Å². The highest BCUT2D eigenvalue weighted by atomic mass is 32.1. The highest BCUT2D eigenvalue weighted by Gasteiger charge is 2.18. The number of nitrogens with zero attached hydrogens (tertiary/aromatic N) is 1. The summed E-state index contributed by atoms with van der Waals surface area (Å²) in [7, 11) is 0. The number of anilines is 2. The molecule has 0 aromatic heterocycles. The largest absolute Gasteiger partial charge is 0.300 e. The third-order valence-electron chi connectivity index (χ3n) is 4.25. The molecule has 4 aromatic carbocycles. The van der Waals surface area contributed by atoms with Gasteiger partial charge in [-0.25, -0.2) is 0 Å². The van der Waals surface area contributed by atoms with E-state index in [1.807, 2.05) is 36.4 Å². The molecule has 2 heteroatoms. The van der Waals surface area contributed by atoms with Crippen molar-refractivity contribution in [1.82, 2.24) is 0 Å². The molecule has 0 amide bonds. The minimum atomic E-state index is 0.795. The minimum absolute atomic E-state index is 0.795. The Labute approximate surface area is 153 Å². The fourth-order valence-electron chi connectivity index (χ4n) is 3.06. The van der Waals surface area contributed by atoms with E-state index in [1.165, 1.54) is 10.8 Å². The smallest absolute Gasteiger partial charge is 0.118 e. The standard InChI is InChI=1S/C23H17NS/c25-23(19-11-3-1-4-12-19)24(20-14-5-2-6-15-20)22-17-9-13-18-10-7-8-16-21(18)22/h1-17H. The van der Waals surface area contributed by atoms with E-state index in [2.05, 4.69) is 71.6 Å². The Hall–Kier alpha value is -2.97. The van der Waals surface area contributed by atoms with Gasteiger partial charge in [-0.2, -0.15) is 0 Å². The molecule has 0 saturated heterocycles. The summed E-state index contributed by atoms with van der Waals surface area (Å²) in [5.41, 5.74) is 3.19. The summed E-state index contributed by atoms with van der Waals surface area (Å²) >= 11 is 5.89. The van der Waals surface area contributed by atoms with E-state index < -0.39 is 0 Å². The van der Waals surface area contributed by atoms with E-state index in [0.29, 0.717) is 0 Å². The molecule has 0 aliphatic heterocycles. The van der Waals surface area contributed by atoms with E-state index in [9.17, 15) is 0 Å². The Morgan fingerprint density at radius 3 is 1.96 bits per heavy atom. The summed E-state index contributed by atoms with van der Waals surface area (Å²) in [6.07, 6.45) is 0. The van der Waals surface area contributed by atoms with Crippen molar-refractivity contribution in [1.29, 1.82) is 0 Å². The van der Waals surface area contributed by atoms with Gasteiger partial charge in [-0.15, -0.1) is 0 Å². The van der Waals surface area contributed by atoms with E-state index in [-0.39, 0.29) is 0 Å². The minimum Gasteiger partial charge on any atom is -0.300 e. The summed E-state index contributed by atoms with van der Waals surface area (Å²) in [6, 6.07) is 35.2. The third kappa shape index (κ3) is 3.04. The van der Waals surface area contributed by atoms with E-state index in [1.54, 1.807) is 0 Å². The van der Waals surface area contributed by atoms with Gasteiger partial charge in [-0.1, -0.05) is 97.1 Å². The van der Waals surface area contributed by atoms with Gasteiger partial charge in [0.2, 0.25) is 0 Å². The van der Waals surface area contributed by atoms with Crippen LogP contribution in [0.15, 0.2) is 103 Å². The van der Waals surface area contributed by atoms with Crippen LogP contribution in [0.2, 0.25) is 0 Å². The first kappa shape index (κ1) is 15.6. The van der Waals surface area contributed by atoms with E-state index in [4.69, 9.17) is 12.2 Å². The Morgan fingerprint density at radius 2 is 1.20 bits per heavy atom. The van der Waals surface area contributed by atoms with Crippen molar-refractivity contribution in [2.75, 3.05) is 4.90 Å². The molecule has 25 heavy (non-hydrogen) atoms. The van der Waals surface area contributed by atoms with Gasteiger partial charge in [-0.05, 0) is 23.6 Å². The zero-order chi connectivity index (χ0) is 17.1. The predicted octanol–water partition coefficient (Wildman–Crippen LogP) is 6.35. The van der Waals surface area contributed by atoms with Crippen LogP contribution in [0.1, 0.15) is 5.56 Å². The number of thiocarbonyl (C=S) groups is 1. The maximum Gasteiger partial charge on any atom is 0.118 e. The van der Waals surface area contributed by atoms with Crippen molar-refractivity contribution in [3.05, 3.63) is 109 Å². The normalized spacial score (nSPS) is 10.6. The molecule has 1 nitrogen and oxygen atoms in total. The van der Waals surface area contributed by atoms with Gasteiger partial charge in [0.05, 0.1) is 5.69 Å². The lowest BCUT2D eigenvalue weighted by atomic mass is 10.1. The molecule has 0 saturated carbocycles. The Morgan fingerprint density at radius 1 is 0.600 bits per heavy atom. The summed E-state index contributed by atoms with van der Waals surface area (Å²) in [4.78, 5) is 2.95. The molecule has 0 N–H and O–H groups in total. The fraction of sp³-hybridized carbons (Fsp3) is 0. The molecule has 4 aromatic rings. The topological polar surface area (TPSA) is 3.24 Å². The summed E-state index contributed by atoms with van der Waals surface area (Å²) in [6.45, 7) is 0. The Balaban J connectivity index is 1.93. The molecule has 120 valence electrons. The maximum atomic E-state index is 5.89. The molecule has 4 rings (SSSR count). The number of para-hydroxylation sites is 1. The van der Waals surface area contributed by atoms with Crippen molar-refractivity contribution in [3.8, 4) is 0 Å². The SMILES string of the molecule is S=C(c1ccccc1)N(c1ccccc1)c1cccc2ccccc12. The first-order chi connectivity index (χ1) is 12.3. The third-order valence-corrected chi connectivity index (χ3v) is 4.66. The second-order valence-electron chi connectivity index (χ2n) is 5.84. The molecule has 0 atom stereocenters. The van der Waals surface area contributed by atoms with Gasteiger partial charge < -0.3 is 4.90 Å². The van der Waals surface area contributed by atoms with Crippen LogP contribution < -0.4 is 4.90 Å². The van der Waals surface area contributed by atoms with Crippen molar-refractivity contribution < 1.29 is 0 Å². The summed E-state index contributed by atoms with van der Waals surface area (Å²) in [5.74, 6) is 0. The van der Waals surface area contributed by atoms with Gasteiger partial charge in [-0.3, -0.25) is 0 Å². The second kappa shape index (κ2) is 6.88. The van der Waals surface area contributed by atoms with Crippen LogP contribution in [-0.4, -0.2) is 4.99 Å². The van der Waals surface area contributed by atoms with Crippen molar-refractivity contribution >= 4 is 39.4 Å². The Kier molecular flexibility index (Phi) is 4.28. The molecule has 0 heterocycles. The Bertz CT molecular complexity index is 1000. The molecule has 0 aliphatic carbocycles. The second-order valence-corrected chi connectivity index (χ2v) is 6.23. The summed E-state index contributed by atoms with van der Waals surface area (Å²) < 4.78 is 0. The molecular formula is C23H17NS. The predicted molar refractivity (Wildman–Crippen MR) is 111 cm³/mol. The van der Waals surface area contributed by atoms with E-state index in [0.717, 1.165) is 21.9 Å². The molecule has 0 unspecified atom stereocenters. The maximum absolute atomic E-state index is 5.89. The number of fused-ring (bicyclic) bond motifs is 1.